The van der Waals surface area contributed by atoms with Crippen molar-refractivity contribution in [3.63, 3.8) is 0 Å². The van der Waals surface area contributed by atoms with Crippen LogP contribution in [0.25, 0.3) is 0 Å². The SMILES string of the molecule is O=C1NC(OC2CCCCO2)c2ccccc2O1. The van der Waals surface area contributed by atoms with E-state index >= 15 is 0 Å². The van der Waals surface area contributed by atoms with Gasteiger partial charge in [0.1, 0.15) is 5.75 Å². The molecule has 2 aliphatic rings. The van der Waals surface area contributed by atoms with Crippen molar-refractivity contribution in [2.75, 3.05) is 6.61 Å². The maximum Gasteiger partial charge on any atom is 0.414 e. The molecular weight excluding hydrogens is 234 g/mol. The van der Waals surface area contributed by atoms with Crippen molar-refractivity contribution in [2.45, 2.75) is 31.8 Å². The normalized spacial score (nSPS) is 27.0. The summed E-state index contributed by atoms with van der Waals surface area (Å²) in [6.45, 7) is 0.712. The van der Waals surface area contributed by atoms with Gasteiger partial charge in [0, 0.05) is 12.2 Å². The first-order valence-corrected chi connectivity index (χ1v) is 6.17. The van der Waals surface area contributed by atoms with E-state index in [-0.39, 0.29) is 6.29 Å². The first-order chi connectivity index (χ1) is 8.83. The maximum absolute atomic E-state index is 11.4. The number of carbonyl (C=O) groups excluding carboxylic acids is 1. The minimum atomic E-state index is -0.495. The second kappa shape index (κ2) is 4.96. The molecule has 2 aliphatic heterocycles. The Labute approximate surface area is 105 Å². The number of benzene rings is 1. The quantitative estimate of drug-likeness (QED) is 0.874. The van der Waals surface area contributed by atoms with E-state index in [0.29, 0.717) is 12.4 Å². The summed E-state index contributed by atoms with van der Waals surface area (Å²) in [5.74, 6) is 0.544. The molecule has 0 aliphatic carbocycles. The molecule has 2 unspecified atom stereocenters. The molecule has 0 aromatic heterocycles. The monoisotopic (exact) mass is 249 g/mol. The highest BCUT2D eigenvalue weighted by Gasteiger charge is 2.29. The number of para-hydroxylation sites is 1. The van der Waals surface area contributed by atoms with E-state index in [1.54, 1.807) is 6.07 Å². The van der Waals surface area contributed by atoms with Crippen LogP contribution in [0.1, 0.15) is 31.1 Å². The van der Waals surface area contributed by atoms with Crippen LogP contribution in [0.2, 0.25) is 0 Å². The van der Waals surface area contributed by atoms with Gasteiger partial charge in [0.05, 0.1) is 0 Å². The van der Waals surface area contributed by atoms with E-state index in [1.165, 1.54) is 0 Å². The van der Waals surface area contributed by atoms with Crippen LogP contribution in [0.3, 0.4) is 0 Å². The highest BCUT2D eigenvalue weighted by molar-refractivity contribution is 5.73. The molecule has 96 valence electrons. The highest BCUT2D eigenvalue weighted by atomic mass is 16.7. The maximum atomic E-state index is 11.4. The van der Waals surface area contributed by atoms with Gasteiger partial charge in [0.2, 0.25) is 0 Å². The third-order valence-electron chi connectivity index (χ3n) is 3.08. The van der Waals surface area contributed by atoms with Crippen molar-refractivity contribution in [3.05, 3.63) is 29.8 Å². The number of rotatable bonds is 2. The third-order valence-corrected chi connectivity index (χ3v) is 3.08. The molecule has 1 saturated heterocycles. The van der Waals surface area contributed by atoms with Gasteiger partial charge in [0.15, 0.2) is 12.5 Å². The van der Waals surface area contributed by atoms with E-state index in [9.17, 15) is 4.79 Å². The lowest BCUT2D eigenvalue weighted by Crippen LogP contribution is -2.40. The number of ether oxygens (including phenoxy) is 3. The fourth-order valence-electron chi connectivity index (χ4n) is 2.18. The zero-order chi connectivity index (χ0) is 12.4. The zero-order valence-electron chi connectivity index (χ0n) is 9.93. The van der Waals surface area contributed by atoms with Crippen LogP contribution >= 0.6 is 0 Å². The van der Waals surface area contributed by atoms with Gasteiger partial charge in [-0.2, -0.15) is 0 Å². The molecule has 0 bridgehead atoms. The van der Waals surface area contributed by atoms with Gasteiger partial charge in [0.25, 0.3) is 0 Å². The molecule has 0 spiro atoms. The summed E-state index contributed by atoms with van der Waals surface area (Å²) in [7, 11) is 0. The summed E-state index contributed by atoms with van der Waals surface area (Å²) in [5.41, 5.74) is 0.825. The molecule has 1 amide bonds. The summed E-state index contributed by atoms with van der Waals surface area (Å²) < 4.78 is 16.4. The molecule has 18 heavy (non-hydrogen) atoms. The lowest BCUT2D eigenvalue weighted by Gasteiger charge is -2.31. The van der Waals surface area contributed by atoms with Gasteiger partial charge in [-0.1, -0.05) is 18.2 Å². The highest BCUT2D eigenvalue weighted by Crippen LogP contribution is 2.31. The Balaban J connectivity index is 1.77. The predicted octanol–water partition coefficient (Wildman–Crippen LogP) is 2.33. The summed E-state index contributed by atoms with van der Waals surface area (Å²) >= 11 is 0. The van der Waals surface area contributed by atoms with Gasteiger partial charge in [-0.3, -0.25) is 5.32 Å². The van der Waals surface area contributed by atoms with Gasteiger partial charge in [-0.25, -0.2) is 4.79 Å². The Morgan fingerprint density at radius 3 is 3.00 bits per heavy atom. The first-order valence-electron chi connectivity index (χ1n) is 6.17. The topological polar surface area (TPSA) is 56.8 Å². The fourth-order valence-corrected chi connectivity index (χ4v) is 2.18. The minimum Gasteiger partial charge on any atom is -0.410 e. The third kappa shape index (κ3) is 2.32. The Bertz CT molecular complexity index is 442. The Morgan fingerprint density at radius 1 is 1.28 bits per heavy atom. The van der Waals surface area contributed by atoms with Gasteiger partial charge < -0.3 is 14.2 Å². The van der Waals surface area contributed by atoms with E-state index < -0.39 is 12.3 Å². The van der Waals surface area contributed by atoms with Crippen LogP contribution in [-0.2, 0) is 9.47 Å². The summed E-state index contributed by atoms with van der Waals surface area (Å²) in [6, 6.07) is 7.35. The molecule has 2 atom stereocenters. The molecule has 2 heterocycles. The molecule has 5 heteroatoms. The van der Waals surface area contributed by atoms with Crippen LogP contribution in [0.4, 0.5) is 4.79 Å². The zero-order valence-corrected chi connectivity index (χ0v) is 9.93. The first kappa shape index (κ1) is 11.5. The number of nitrogens with one attached hydrogen (secondary N) is 1. The smallest absolute Gasteiger partial charge is 0.410 e. The number of hydrogen-bond acceptors (Lipinski definition) is 4. The van der Waals surface area contributed by atoms with Crippen molar-refractivity contribution in [1.29, 1.82) is 0 Å². The Hall–Kier alpha value is -1.59. The molecule has 3 rings (SSSR count). The predicted molar refractivity (Wildman–Crippen MR) is 63.0 cm³/mol. The summed E-state index contributed by atoms with van der Waals surface area (Å²) in [5, 5.41) is 2.66. The van der Waals surface area contributed by atoms with Crippen LogP contribution in [0.15, 0.2) is 24.3 Å². The lowest BCUT2D eigenvalue weighted by molar-refractivity contribution is -0.195. The number of hydrogen-bond donors (Lipinski definition) is 1. The summed E-state index contributed by atoms with van der Waals surface area (Å²) in [4.78, 5) is 11.4. The van der Waals surface area contributed by atoms with E-state index in [4.69, 9.17) is 14.2 Å². The minimum absolute atomic E-state index is 0.254. The molecule has 1 N–H and O–H groups in total. The van der Waals surface area contributed by atoms with Crippen LogP contribution in [-0.4, -0.2) is 19.0 Å². The second-order valence-corrected chi connectivity index (χ2v) is 4.38. The fraction of sp³-hybridized carbons (Fsp3) is 0.462. The largest absolute Gasteiger partial charge is 0.414 e. The van der Waals surface area contributed by atoms with Crippen molar-refractivity contribution >= 4 is 6.09 Å². The standard InChI is InChI=1S/C13H15NO4/c15-13-14-12(18-11-7-3-4-8-16-11)9-5-1-2-6-10(9)17-13/h1-2,5-6,11-12H,3-4,7-8H2,(H,14,15). The van der Waals surface area contributed by atoms with Crippen LogP contribution in [0, 0.1) is 0 Å². The number of fused-ring (bicyclic) bond motifs is 1. The lowest BCUT2D eigenvalue weighted by atomic mass is 10.1. The van der Waals surface area contributed by atoms with Crippen molar-refractivity contribution in [1.82, 2.24) is 5.32 Å². The molecule has 1 aromatic carbocycles. The Kier molecular flexibility index (Phi) is 3.17. The molecule has 1 fully saturated rings. The van der Waals surface area contributed by atoms with Gasteiger partial charge in [-0.15, -0.1) is 0 Å². The van der Waals surface area contributed by atoms with E-state index in [1.807, 2.05) is 18.2 Å². The van der Waals surface area contributed by atoms with Crippen molar-refractivity contribution in [3.8, 4) is 5.75 Å². The Morgan fingerprint density at radius 2 is 2.17 bits per heavy atom. The molecular formula is C13H15NO4. The van der Waals surface area contributed by atoms with Gasteiger partial charge in [-0.05, 0) is 25.3 Å². The summed E-state index contributed by atoms with van der Waals surface area (Å²) in [6.07, 6.45) is 1.77. The van der Waals surface area contributed by atoms with Gasteiger partial charge >= 0.3 is 6.09 Å². The second-order valence-electron chi connectivity index (χ2n) is 4.38. The van der Waals surface area contributed by atoms with Crippen molar-refractivity contribution in [2.24, 2.45) is 0 Å². The molecule has 1 aromatic rings. The van der Waals surface area contributed by atoms with Crippen LogP contribution in [0.5, 0.6) is 5.75 Å². The average molecular weight is 249 g/mol. The number of carbonyl (C=O) groups is 1. The number of amides is 1. The van der Waals surface area contributed by atoms with Crippen molar-refractivity contribution < 1.29 is 19.0 Å². The molecule has 0 saturated carbocycles. The van der Waals surface area contributed by atoms with E-state index in [2.05, 4.69) is 5.32 Å². The molecule has 0 radical (unpaired) electrons. The average Bonchev–Trinajstić information content (AvgIpc) is 2.40. The molecule has 5 nitrogen and oxygen atoms in total. The van der Waals surface area contributed by atoms with E-state index in [0.717, 1.165) is 24.8 Å². The van der Waals surface area contributed by atoms with Crippen LogP contribution < -0.4 is 10.1 Å².